The molecule has 0 aromatic heterocycles. The average molecular weight is 402 g/mol. The van der Waals surface area contributed by atoms with Crippen LogP contribution in [0.2, 0.25) is 0 Å². The van der Waals surface area contributed by atoms with E-state index in [2.05, 4.69) is 25.7 Å². The molecule has 0 saturated carbocycles. The fourth-order valence-electron chi connectivity index (χ4n) is 3.72. The Kier molecular flexibility index (Phi) is 7.36. The number of carbonyl (C=O) groups is 3. The molecular formula is C23H31NO5. The van der Waals surface area contributed by atoms with Gasteiger partial charge in [-0.1, -0.05) is 32.6 Å². The van der Waals surface area contributed by atoms with E-state index in [9.17, 15) is 14.4 Å². The second-order valence-electron chi connectivity index (χ2n) is 8.21. The maximum atomic E-state index is 13.1. The summed E-state index contributed by atoms with van der Waals surface area (Å²) in [5.41, 5.74) is 0.669. The van der Waals surface area contributed by atoms with Crippen LogP contribution >= 0.6 is 0 Å². The van der Waals surface area contributed by atoms with Gasteiger partial charge in [-0.2, -0.15) is 0 Å². The quantitative estimate of drug-likeness (QED) is 0.428. The van der Waals surface area contributed by atoms with Crippen molar-refractivity contribution < 1.29 is 23.9 Å². The summed E-state index contributed by atoms with van der Waals surface area (Å²) in [5.74, 6) is -0.698. The van der Waals surface area contributed by atoms with Crippen LogP contribution in [0.1, 0.15) is 46.1 Å². The van der Waals surface area contributed by atoms with Crippen LogP contribution in [0.3, 0.4) is 0 Å². The molecule has 0 bridgehead atoms. The first-order chi connectivity index (χ1) is 13.6. The van der Waals surface area contributed by atoms with E-state index in [1.54, 1.807) is 6.92 Å². The van der Waals surface area contributed by atoms with Gasteiger partial charge in [0.05, 0.1) is 19.3 Å². The summed E-state index contributed by atoms with van der Waals surface area (Å²) in [4.78, 5) is 36.8. The number of Topliss-reactive ketones (excluding diaryl/α,β-unsaturated/α-hetero) is 1. The number of methoxy groups -OCH3 is 1. The fraction of sp³-hybridized carbons (Fsp3) is 0.522. The summed E-state index contributed by atoms with van der Waals surface area (Å²) in [6, 6.07) is 7.48. The van der Waals surface area contributed by atoms with Gasteiger partial charge >= 0.3 is 5.97 Å². The maximum absolute atomic E-state index is 13.1. The molecule has 1 saturated heterocycles. The molecular weight excluding hydrogens is 370 g/mol. The van der Waals surface area contributed by atoms with E-state index in [0.29, 0.717) is 30.8 Å². The lowest BCUT2D eigenvalue weighted by atomic mass is 9.71. The van der Waals surface area contributed by atoms with Crippen molar-refractivity contribution in [3.8, 4) is 0 Å². The Bertz CT molecular complexity index is 783. The molecule has 0 aliphatic carbocycles. The predicted molar refractivity (Wildman–Crippen MR) is 111 cm³/mol. The molecule has 1 amide bonds. The van der Waals surface area contributed by atoms with Crippen molar-refractivity contribution in [3.63, 3.8) is 0 Å². The van der Waals surface area contributed by atoms with Gasteiger partial charge in [-0.3, -0.25) is 14.4 Å². The zero-order valence-corrected chi connectivity index (χ0v) is 17.9. The van der Waals surface area contributed by atoms with E-state index in [1.165, 1.54) is 14.0 Å². The van der Waals surface area contributed by atoms with Gasteiger partial charge in [-0.05, 0) is 49.8 Å². The molecule has 3 atom stereocenters. The zero-order valence-electron chi connectivity index (χ0n) is 17.9. The summed E-state index contributed by atoms with van der Waals surface area (Å²) in [5, 5.41) is 2.73. The number of hydrogen-bond acceptors (Lipinski definition) is 5. The Labute approximate surface area is 172 Å². The predicted octanol–water partition coefficient (Wildman–Crippen LogP) is 3.70. The van der Waals surface area contributed by atoms with Gasteiger partial charge in [-0.15, -0.1) is 0 Å². The van der Waals surface area contributed by atoms with Gasteiger partial charge in [0.2, 0.25) is 5.91 Å². The Balaban J connectivity index is 2.20. The summed E-state index contributed by atoms with van der Waals surface area (Å²) < 4.78 is 11.2. The number of anilines is 1. The summed E-state index contributed by atoms with van der Waals surface area (Å²) in [6.07, 6.45) is 0.771. The second kappa shape index (κ2) is 9.35. The molecule has 2 rings (SSSR count). The van der Waals surface area contributed by atoms with Gasteiger partial charge in [-0.25, -0.2) is 0 Å². The van der Waals surface area contributed by atoms with Crippen LogP contribution in [0.5, 0.6) is 0 Å². The van der Waals surface area contributed by atoms with E-state index >= 15 is 0 Å². The number of amides is 1. The topological polar surface area (TPSA) is 81.7 Å². The first kappa shape index (κ1) is 22.8. The number of nitrogens with one attached hydrogen (secondary N) is 1. The number of aryl methyl sites for hydroxylation is 1. The Morgan fingerprint density at radius 3 is 2.41 bits per heavy atom. The normalized spacial score (nSPS) is 24.5. The lowest BCUT2D eigenvalue weighted by molar-refractivity contribution is -0.176. The number of ether oxygens (including phenoxy) is 2. The third-order valence-corrected chi connectivity index (χ3v) is 5.39. The zero-order chi connectivity index (χ0) is 21.8. The maximum Gasteiger partial charge on any atom is 0.322 e. The van der Waals surface area contributed by atoms with E-state index in [1.807, 2.05) is 24.3 Å². The lowest BCUT2D eigenvalue weighted by Gasteiger charge is -2.42. The van der Waals surface area contributed by atoms with Crippen LogP contribution in [0, 0.1) is 11.3 Å². The average Bonchev–Trinajstić information content (AvgIpc) is 2.67. The van der Waals surface area contributed by atoms with Gasteiger partial charge in [0, 0.05) is 18.2 Å². The number of ketones is 1. The molecule has 0 radical (unpaired) electrons. The van der Waals surface area contributed by atoms with Crippen molar-refractivity contribution in [2.45, 2.75) is 59.2 Å². The number of benzene rings is 1. The molecule has 0 spiro atoms. The molecule has 1 aliphatic rings. The molecule has 1 fully saturated rings. The summed E-state index contributed by atoms with van der Waals surface area (Å²) >= 11 is 0. The van der Waals surface area contributed by atoms with E-state index < -0.39 is 23.6 Å². The highest BCUT2D eigenvalue weighted by atomic mass is 16.5. The molecule has 1 aliphatic heterocycles. The van der Waals surface area contributed by atoms with Crippen LogP contribution in [-0.2, 0) is 30.3 Å². The van der Waals surface area contributed by atoms with Crippen molar-refractivity contribution in [2.24, 2.45) is 11.3 Å². The minimum absolute atomic E-state index is 0.128. The molecule has 1 N–H and O–H groups in total. The van der Waals surface area contributed by atoms with Crippen molar-refractivity contribution in [2.75, 3.05) is 12.4 Å². The van der Waals surface area contributed by atoms with Crippen LogP contribution in [0.25, 0.3) is 0 Å². The second-order valence-corrected chi connectivity index (χ2v) is 8.21. The Hall–Kier alpha value is -2.47. The molecule has 6 nitrogen and oxygen atoms in total. The standard InChI is InChI=1S/C23H31NO5/c1-14(2)13-19-15(3)21(26)23(5,22(27)28-6)20(29-19)12-9-17-7-10-18(11-8-17)24-16(4)25/h7-8,10-11,14,19-20H,3,9,12-13H2,1-2,4-6H3,(H,24,25). The number of carbonyl (C=O) groups excluding carboxylic acids is 3. The SMILES string of the molecule is C=C1C(=O)C(C)(C(=O)OC)C(CCc2ccc(NC(C)=O)cc2)OC1CC(C)C. The number of esters is 1. The van der Waals surface area contributed by atoms with Gasteiger partial charge < -0.3 is 14.8 Å². The van der Waals surface area contributed by atoms with Crippen LogP contribution in [0.4, 0.5) is 5.69 Å². The van der Waals surface area contributed by atoms with Crippen molar-refractivity contribution in [3.05, 3.63) is 42.0 Å². The van der Waals surface area contributed by atoms with E-state index in [0.717, 1.165) is 11.3 Å². The summed E-state index contributed by atoms with van der Waals surface area (Å²) in [6.45, 7) is 11.1. The molecule has 29 heavy (non-hydrogen) atoms. The highest BCUT2D eigenvalue weighted by Gasteiger charge is 2.55. The Morgan fingerprint density at radius 1 is 1.28 bits per heavy atom. The first-order valence-corrected chi connectivity index (χ1v) is 9.93. The van der Waals surface area contributed by atoms with Gasteiger partial charge in [0.1, 0.15) is 0 Å². The molecule has 1 aromatic rings. The molecule has 1 heterocycles. The van der Waals surface area contributed by atoms with Gasteiger partial charge in [0.15, 0.2) is 11.2 Å². The third-order valence-electron chi connectivity index (χ3n) is 5.39. The van der Waals surface area contributed by atoms with Crippen molar-refractivity contribution in [1.82, 2.24) is 0 Å². The van der Waals surface area contributed by atoms with Crippen molar-refractivity contribution in [1.29, 1.82) is 0 Å². The molecule has 1 aromatic carbocycles. The minimum Gasteiger partial charge on any atom is -0.468 e. The third kappa shape index (κ3) is 5.12. The number of rotatable bonds is 7. The van der Waals surface area contributed by atoms with Crippen LogP contribution in [-0.4, -0.2) is 37.0 Å². The minimum atomic E-state index is -1.41. The molecule has 6 heteroatoms. The first-order valence-electron chi connectivity index (χ1n) is 9.93. The number of hydrogen-bond donors (Lipinski definition) is 1. The fourth-order valence-corrected chi connectivity index (χ4v) is 3.72. The van der Waals surface area contributed by atoms with Gasteiger partial charge in [0.25, 0.3) is 0 Å². The molecule has 3 unspecified atom stereocenters. The highest BCUT2D eigenvalue weighted by Crippen LogP contribution is 2.40. The monoisotopic (exact) mass is 401 g/mol. The summed E-state index contributed by atoms with van der Waals surface area (Å²) in [7, 11) is 1.28. The lowest BCUT2D eigenvalue weighted by Crippen LogP contribution is -2.55. The van der Waals surface area contributed by atoms with Crippen LogP contribution < -0.4 is 5.32 Å². The van der Waals surface area contributed by atoms with Crippen molar-refractivity contribution >= 4 is 23.3 Å². The van der Waals surface area contributed by atoms with Crippen LogP contribution in [0.15, 0.2) is 36.4 Å². The highest BCUT2D eigenvalue weighted by molar-refractivity contribution is 6.13. The van der Waals surface area contributed by atoms with E-state index in [-0.39, 0.29) is 11.7 Å². The largest absolute Gasteiger partial charge is 0.468 e. The molecule has 158 valence electrons. The smallest absolute Gasteiger partial charge is 0.322 e. The Morgan fingerprint density at radius 2 is 1.90 bits per heavy atom. The van der Waals surface area contributed by atoms with E-state index in [4.69, 9.17) is 9.47 Å².